The van der Waals surface area contributed by atoms with Crippen LogP contribution in [-0.2, 0) is 19.2 Å². The molecule has 0 bridgehead atoms. The number of carbonyl (C=O) groups is 4. The Morgan fingerprint density at radius 2 is 0.500 bits per heavy atom. The fourth-order valence-corrected chi connectivity index (χ4v) is 0.693. The molecule has 0 fully saturated rings. The minimum absolute atomic E-state index is 2.19. The first-order valence-corrected chi connectivity index (χ1v) is 5.50. The molecule has 0 saturated heterocycles. The molecular formula is C10H4F12O4. The maximum atomic E-state index is 11.3. The Balaban J connectivity index is 0. The summed E-state index contributed by atoms with van der Waals surface area (Å²) in [5.74, 6) is -10.8. The van der Waals surface area contributed by atoms with Gasteiger partial charge in [0.05, 0.1) is 12.8 Å². The van der Waals surface area contributed by atoms with Crippen LogP contribution in [0.2, 0.25) is 0 Å². The number of hydrogen-bond donors (Lipinski definition) is 0. The van der Waals surface area contributed by atoms with Crippen molar-refractivity contribution in [3.8, 4) is 0 Å². The zero-order chi connectivity index (χ0) is 21.7. The number of carbonyl (C=O) groups excluding carboxylic acids is 4. The van der Waals surface area contributed by atoms with Gasteiger partial charge in [0.2, 0.25) is 23.1 Å². The van der Waals surface area contributed by atoms with Gasteiger partial charge >= 0.3 is 24.7 Å². The van der Waals surface area contributed by atoms with E-state index in [4.69, 9.17) is 0 Å². The van der Waals surface area contributed by atoms with Crippen molar-refractivity contribution in [2.75, 3.05) is 0 Å². The minimum atomic E-state index is -5.40. The molecule has 0 unspecified atom stereocenters. The molecule has 0 N–H and O–H groups in total. The van der Waals surface area contributed by atoms with Gasteiger partial charge in [0.25, 0.3) is 0 Å². The molecule has 0 aromatic heterocycles. The summed E-state index contributed by atoms with van der Waals surface area (Å²) in [5.41, 5.74) is 0. The average molecular weight is 416 g/mol. The maximum Gasteiger partial charge on any atom is 0.450 e. The van der Waals surface area contributed by atoms with Gasteiger partial charge in [0.1, 0.15) is 0 Å². The zero-order valence-corrected chi connectivity index (χ0v) is 11.6. The van der Waals surface area contributed by atoms with Crippen LogP contribution in [0.25, 0.3) is 0 Å². The van der Waals surface area contributed by atoms with Gasteiger partial charge in [-0.1, -0.05) is 0 Å². The Kier molecular flexibility index (Phi) is 8.51. The number of rotatable bonds is 4. The second-order valence-electron chi connectivity index (χ2n) is 4.04. The summed E-state index contributed by atoms with van der Waals surface area (Å²) in [7, 11) is 0. The largest absolute Gasteiger partial charge is 0.450 e. The van der Waals surface area contributed by atoms with Crippen molar-refractivity contribution in [1.29, 1.82) is 0 Å². The molecule has 16 heteroatoms. The van der Waals surface area contributed by atoms with Crippen LogP contribution in [0, 0.1) is 0 Å². The Morgan fingerprint density at radius 3 is 0.577 bits per heavy atom. The summed E-state index contributed by atoms with van der Waals surface area (Å²) in [4.78, 5) is 39.5. The van der Waals surface area contributed by atoms with Gasteiger partial charge in [-0.05, 0) is 0 Å². The van der Waals surface area contributed by atoms with Crippen LogP contribution in [0.5, 0.6) is 0 Å². The monoisotopic (exact) mass is 416 g/mol. The summed E-state index contributed by atoms with van der Waals surface area (Å²) in [6.45, 7) is 0. The lowest BCUT2D eigenvalue weighted by Gasteiger charge is -2.06. The third-order valence-electron chi connectivity index (χ3n) is 1.91. The van der Waals surface area contributed by atoms with E-state index < -0.39 is 60.7 Å². The van der Waals surface area contributed by atoms with Crippen LogP contribution in [0.3, 0.4) is 0 Å². The quantitative estimate of drug-likeness (QED) is 0.521. The lowest BCUT2D eigenvalue weighted by molar-refractivity contribution is -0.182. The van der Waals surface area contributed by atoms with Crippen LogP contribution in [0.1, 0.15) is 12.8 Å². The predicted octanol–water partition coefficient (Wildman–Crippen LogP) is 3.28. The highest BCUT2D eigenvalue weighted by atomic mass is 19.4. The lowest BCUT2D eigenvalue weighted by atomic mass is 10.2. The SMILES string of the molecule is O=C(CC(=O)C(F)(F)F)C(F)(F)F.O=C(CC(=O)C(F)(F)F)C(F)(F)F. The van der Waals surface area contributed by atoms with Gasteiger partial charge < -0.3 is 0 Å². The molecular weight excluding hydrogens is 412 g/mol. The molecule has 0 heterocycles. The Labute approximate surface area is 134 Å². The van der Waals surface area contributed by atoms with E-state index in [0.29, 0.717) is 0 Å². The van der Waals surface area contributed by atoms with Gasteiger partial charge in [-0.25, -0.2) is 0 Å². The third-order valence-corrected chi connectivity index (χ3v) is 1.91. The van der Waals surface area contributed by atoms with Crippen molar-refractivity contribution in [3.05, 3.63) is 0 Å². The first kappa shape index (κ1) is 26.1. The number of hydrogen-bond acceptors (Lipinski definition) is 4. The molecule has 4 nitrogen and oxygen atoms in total. The molecule has 0 radical (unpaired) electrons. The highest BCUT2D eigenvalue weighted by Gasteiger charge is 2.47. The zero-order valence-electron chi connectivity index (χ0n) is 11.6. The Morgan fingerprint density at radius 1 is 0.385 bits per heavy atom. The van der Waals surface area contributed by atoms with E-state index >= 15 is 0 Å². The van der Waals surface area contributed by atoms with E-state index in [0.717, 1.165) is 0 Å². The molecule has 0 aliphatic carbocycles. The van der Waals surface area contributed by atoms with Gasteiger partial charge in [-0.3, -0.25) is 19.2 Å². The Bertz CT molecular complexity index is 450. The van der Waals surface area contributed by atoms with Crippen molar-refractivity contribution >= 4 is 23.1 Å². The Hall–Kier alpha value is -2.16. The molecule has 0 spiro atoms. The van der Waals surface area contributed by atoms with Crippen molar-refractivity contribution in [1.82, 2.24) is 0 Å². The first-order chi connectivity index (χ1) is 11.1. The highest BCUT2D eigenvalue weighted by Crippen LogP contribution is 2.24. The van der Waals surface area contributed by atoms with Gasteiger partial charge in [0.15, 0.2) is 0 Å². The maximum absolute atomic E-state index is 11.3. The molecule has 0 aliphatic heterocycles. The van der Waals surface area contributed by atoms with E-state index in [2.05, 4.69) is 0 Å². The second kappa shape index (κ2) is 8.48. The average Bonchev–Trinajstić information content (AvgIpc) is 2.34. The highest BCUT2D eigenvalue weighted by molar-refractivity contribution is 6.04. The van der Waals surface area contributed by atoms with E-state index in [9.17, 15) is 71.9 Å². The summed E-state index contributed by atoms with van der Waals surface area (Å²) in [6.07, 6.45) is -26.0. The second-order valence-corrected chi connectivity index (χ2v) is 4.04. The molecule has 0 aromatic rings. The van der Waals surface area contributed by atoms with Crippen molar-refractivity contribution in [3.63, 3.8) is 0 Å². The third kappa shape index (κ3) is 10.7. The van der Waals surface area contributed by atoms with Crippen molar-refractivity contribution in [2.45, 2.75) is 37.5 Å². The fourth-order valence-electron chi connectivity index (χ4n) is 0.693. The van der Waals surface area contributed by atoms with Crippen LogP contribution in [0.4, 0.5) is 52.7 Å². The number of halogens is 12. The topological polar surface area (TPSA) is 68.3 Å². The van der Waals surface area contributed by atoms with Gasteiger partial charge in [-0.15, -0.1) is 0 Å². The lowest BCUT2D eigenvalue weighted by Crippen LogP contribution is -2.31. The normalized spacial score (nSPS) is 12.8. The molecule has 0 aliphatic rings. The molecule has 0 amide bonds. The van der Waals surface area contributed by atoms with Crippen LogP contribution < -0.4 is 0 Å². The van der Waals surface area contributed by atoms with Gasteiger partial charge in [0, 0.05) is 0 Å². The van der Waals surface area contributed by atoms with E-state index in [-0.39, 0.29) is 0 Å². The smallest absolute Gasteiger partial charge is 0.289 e. The molecule has 0 aromatic carbocycles. The van der Waals surface area contributed by atoms with E-state index in [1.165, 1.54) is 0 Å². The number of Topliss-reactive ketones (excluding diaryl/α,β-unsaturated/α-hetero) is 4. The van der Waals surface area contributed by atoms with E-state index in [1.54, 1.807) is 0 Å². The van der Waals surface area contributed by atoms with Crippen LogP contribution in [0.15, 0.2) is 0 Å². The molecule has 0 saturated carbocycles. The minimum Gasteiger partial charge on any atom is -0.289 e. The van der Waals surface area contributed by atoms with Crippen LogP contribution >= 0.6 is 0 Å². The van der Waals surface area contributed by atoms with E-state index in [1.807, 2.05) is 0 Å². The number of ketones is 4. The summed E-state index contributed by atoms with van der Waals surface area (Å²) < 4.78 is 136. The summed E-state index contributed by atoms with van der Waals surface area (Å²) >= 11 is 0. The molecule has 0 atom stereocenters. The first-order valence-electron chi connectivity index (χ1n) is 5.50. The summed E-state index contributed by atoms with van der Waals surface area (Å²) in [5, 5.41) is 0. The predicted molar refractivity (Wildman–Crippen MR) is 53.5 cm³/mol. The standard InChI is InChI=1S/2C5H2F6O2/c2*6-4(7,8)2(12)1-3(13)5(9,10)11/h2*1H2. The molecule has 0 rings (SSSR count). The van der Waals surface area contributed by atoms with Crippen LogP contribution in [-0.4, -0.2) is 47.8 Å². The molecule has 152 valence electrons. The van der Waals surface area contributed by atoms with Crippen molar-refractivity contribution < 1.29 is 71.9 Å². The number of alkyl halides is 12. The van der Waals surface area contributed by atoms with Crippen molar-refractivity contribution in [2.24, 2.45) is 0 Å². The summed E-state index contributed by atoms with van der Waals surface area (Å²) in [6, 6.07) is 0. The van der Waals surface area contributed by atoms with Gasteiger partial charge in [-0.2, -0.15) is 52.7 Å². The fraction of sp³-hybridized carbons (Fsp3) is 0.600. The molecule has 26 heavy (non-hydrogen) atoms.